The van der Waals surface area contributed by atoms with Gasteiger partial charge in [-0.3, -0.25) is 0 Å². The quantitative estimate of drug-likeness (QED) is 0.890. The van der Waals surface area contributed by atoms with Gasteiger partial charge in [-0.25, -0.2) is 4.79 Å². The first kappa shape index (κ1) is 14.1. The molecule has 0 amide bonds. The molecule has 1 saturated heterocycles. The Balaban J connectivity index is 0.00000144. The Bertz CT molecular complexity index is 406. The molecule has 0 aliphatic carbocycles. The highest BCUT2D eigenvalue weighted by atomic mass is 35.5. The molecule has 1 aromatic rings. The number of carboxylic acid groups (broad SMARTS) is 1. The summed E-state index contributed by atoms with van der Waals surface area (Å²) < 4.78 is 5.64. The number of hydrogen-bond donors (Lipinski definition) is 2. The second-order valence-electron chi connectivity index (χ2n) is 3.68. The summed E-state index contributed by atoms with van der Waals surface area (Å²) in [5.74, 6) is -0.490. The number of carbonyl (C=O) groups is 1. The fourth-order valence-electron chi connectivity index (χ4n) is 1.66. The molecular formula is C11H13Cl2NO3. The number of ether oxygens (including phenoxy) is 1. The van der Waals surface area contributed by atoms with Crippen LogP contribution in [0.25, 0.3) is 0 Å². The van der Waals surface area contributed by atoms with Gasteiger partial charge in [0.1, 0.15) is 11.9 Å². The molecule has 0 aromatic heterocycles. The molecule has 0 bridgehead atoms. The van der Waals surface area contributed by atoms with Crippen molar-refractivity contribution in [3.8, 4) is 5.75 Å². The van der Waals surface area contributed by atoms with Crippen LogP contribution in [0, 0.1) is 0 Å². The lowest BCUT2D eigenvalue weighted by Gasteiger charge is -2.13. The summed E-state index contributed by atoms with van der Waals surface area (Å²) in [6.45, 7) is 1.73. The van der Waals surface area contributed by atoms with Crippen LogP contribution in [0.15, 0.2) is 18.2 Å². The number of halogens is 2. The Morgan fingerprint density at radius 2 is 2.29 bits per heavy atom. The average molecular weight is 278 g/mol. The zero-order valence-electron chi connectivity index (χ0n) is 8.98. The predicted molar refractivity (Wildman–Crippen MR) is 67.6 cm³/mol. The first-order valence-electron chi connectivity index (χ1n) is 5.07. The molecule has 1 atom stereocenters. The van der Waals surface area contributed by atoms with Crippen molar-refractivity contribution in [3.63, 3.8) is 0 Å². The van der Waals surface area contributed by atoms with E-state index in [4.69, 9.17) is 21.4 Å². The minimum absolute atomic E-state index is 0. The Hall–Kier alpha value is -0.970. The van der Waals surface area contributed by atoms with Crippen molar-refractivity contribution >= 4 is 30.0 Å². The van der Waals surface area contributed by atoms with Gasteiger partial charge in [0.25, 0.3) is 0 Å². The van der Waals surface area contributed by atoms with Crippen LogP contribution in [-0.4, -0.2) is 30.3 Å². The van der Waals surface area contributed by atoms with Crippen molar-refractivity contribution in [2.75, 3.05) is 13.1 Å². The topological polar surface area (TPSA) is 58.6 Å². The molecule has 17 heavy (non-hydrogen) atoms. The molecule has 1 aliphatic heterocycles. The molecule has 2 N–H and O–H groups in total. The van der Waals surface area contributed by atoms with Gasteiger partial charge in [0, 0.05) is 6.54 Å². The summed E-state index contributed by atoms with van der Waals surface area (Å²) in [6, 6.07) is 4.69. The van der Waals surface area contributed by atoms with Gasteiger partial charge in [-0.1, -0.05) is 11.6 Å². The molecule has 1 aromatic carbocycles. The number of hydrogen-bond acceptors (Lipinski definition) is 3. The number of nitrogens with one attached hydrogen (secondary N) is 1. The Labute approximate surface area is 110 Å². The van der Waals surface area contributed by atoms with Crippen LogP contribution < -0.4 is 10.1 Å². The zero-order chi connectivity index (χ0) is 11.5. The first-order chi connectivity index (χ1) is 7.66. The van der Waals surface area contributed by atoms with Crippen molar-refractivity contribution in [2.24, 2.45) is 0 Å². The lowest BCUT2D eigenvalue weighted by Crippen LogP contribution is -2.19. The maximum Gasteiger partial charge on any atom is 0.337 e. The molecular weight excluding hydrogens is 265 g/mol. The van der Waals surface area contributed by atoms with Crippen LogP contribution in [0.2, 0.25) is 5.02 Å². The van der Waals surface area contributed by atoms with Gasteiger partial charge in [0.05, 0.1) is 10.6 Å². The Morgan fingerprint density at radius 3 is 2.88 bits per heavy atom. The monoisotopic (exact) mass is 277 g/mol. The first-order valence-corrected chi connectivity index (χ1v) is 5.45. The number of rotatable bonds is 3. The molecule has 1 aliphatic rings. The summed E-state index contributed by atoms with van der Waals surface area (Å²) in [5, 5.41) is 12.3. The van der Waals surface area contributed by atoms with Gasteiger partial charge in [-0.05, 0) is 31.2 Å². The normalized spacial score (nSPS) is 18.5. The molecule has 1 fully saturated rings. The van der Waals surface area contributed by atoms with Crippen molar-refractivity contribution in [3.05, 3.63) is 28.8 Å². The second kappa shape index (κ2) is 6.10. The molecule has 94 valence electrons. The van der Waals surface area contributed by atoms with Crippen LogP contribution >= 0.6 is 24.0 Å². The molecule has 1 heterocycles. The summed E-state index contributed by atoms with van der Waals surface area (Å²) in [4.78, 5) is 10.9. The number of carboxylic acids is 1. The van der Waals surface area contributed by atoms with Gasteiger partial charge in [-0.15, -0.1) is 12.4 Å². The molecule has 6 heteroatoms. The minimum Gasteiger partial charge on any atom is -0.489 e. The molecule has 1 unspecified atom stereocenters. The average Bonchev–Trinajstić information content (AvgIpc) is 2.73. The van der Waals surface area contributed by atoms with Gasteiger partial charge in [-0.2, -0.15) is 0 Å². The van der Waals surface area contributed by atoms with E-state index in [0.29, 0.717) is 5.75 Å². The maximum absolute atomic E-state index is 10.9. The Morgan fingerprint density at radius 1 is 1.53 bits per heavy atom. The highest BCUT2D eigenvalue weighted by Gasteiger charge is 2.17. The van der Waals surface area contributed by atoms with Crippen LogP contribution in [0.3, 0.4) is 0 Å². The predicted octanol–water partition coefficient (Wildman–Crippen LogP) is 2.20. The van der Waals surface area contributed by atoms with Gasteiger partial charge in [0.2, 0.25) is 0 Å². The van der Waals surface area contributed by atoms with Crippen LogP contribution in [0.4, 0.5) is 0 Å². The van der Waals surface area contributed by atoms with Crippen molar-refractivity contribution < 1.29 is 14.6 Å². The van der Waals surface area contributed by atoms with E-state index in [-0.39, 0.29) is 29.1 Å². The Kier molecular flexibility index (Phi) is 5.05. The molecule has 4 nitrogen and oxygen atoms in total. The van der Waals surface area contributed by atoms with Crippen LogP contribution in [0.1, 0.15) is 16.8 Å². The van der Waals surface area contributed by atoms with Crippen LogP contribution in [-0.2, 0) is 0 Å². The van der Waals surface area contributed by atoms with E-state index in [1.165, 1.54) is 6.07 Å². The summed E-state index contributed by atoms with van der Waals surface area (Å²) in [7, 11) is 0. The summed E-state index contributed by atoms with van der Waals surface area (Å²) in [5.41, 5.74) is 0.0742. The standard InChI is InChI=1S/C11H12ClNO3.ClH/c12-10-2-1-7(5-9(10)11(14)15)16-8-3-4-13-6-8;/h1-2,5,8,13H,3-4,6H2,(H,14,15);1H. The number of benzene rings is 1. The lowest BCUT2D eigenvalue weighted by molar-refractivity contribution is 0.0696. The van der Waals surface area contributed by atoms with Gasteiger partial charge >= 0.3 is 5.97 Å². The second-order valence-corrected chi connectivity index (χ2v) is 4.09. The van der Waals surface area contributed by atoms with E-state index in [0.717, 1.165) is 19.5 Å². The highest BCUT2D eigenvalue weighted by Crippen LogP contribution is 2.23. The highest BCUT2D eigenvalue weighted by molar-refractivity contribution is 6.33. The smallest absolute Gasteiger partial charge is 0.337 e. The molecule has 0 saturated carbocycles. The fraction of sp³-hybridized carbons (Fsp3) is 0.364. The van der Waals surface area contributed by atoms with Crippen LogP contribution in [0.5, 0.6) is 5.75 Å². The van der Waals surface area contributed by atoms with E-state index in [1.54, 1.807) is 12.1 Å². The van der Waals surface area contributed by atoms with Crippen molar-refractivity contribution in [1.82, 2.24) is 5.32 Å². The molecule has 2 rings (SSSR count). The lowest BCUT2D eigenvalue weighted by atomic mass is 10.2. The third kappa shape index (κ3) is 3.49. The largest absolute Gasteiger partial charge is 0.489 e. The third-order valence-corrected chi connectivity index (χ3v) is 2.82. The summed E-state index contributed by atoms with van der Waals surface area (Å²) >= 11 is 5.76. The SMILES string of the molecule is Cl.O=C(O)c1cc(OC2CCNC2)ccc1Cl. The molecule has 0 spiro atoms. The van der Waals surface area contributed by atoms with Gasteiger partial charge in [0.15, 0.2) is 0 Å². The van der Waals surface area contributed by atoms with E-state index in [9.17, 15) is 4.79 Å². The minimum atomic E-state index is -1.04. The summed E-state index contributed by atoms with van der Waals surface area (Å²) in [6.07, 6.45) is 1.05. The number of aromatic carboxylic acids is 1. The maximum atomic E-state index is 10.9. The van der Waals surface area contributed by atoms with E-state index >= 15 is 0 Å². The van der Waals surface area contributed by atoms with Crippen molar-refractivity contribution in [1.29, 1.82) is 0 Å². The fourth-order valence-corrected chi connectivity index (χ4v) is 1.86. The van der Waals surface area contributed by atoms with E-state index < -0.39 is 5.97 Å². The molecule has 0 radical (unpaired) electrons. The van der Waals surface area contributed by atoms with Crippen molar-refractivity contribution in [2.45, 2.75) is 12.5 Å². The van der Waals surface area contributed by atoms with Gasteiger partial charge < -0.3 is 15.2 Å². The third-order valence-electron chi connectivity index (χ3n) is 2.49. The van der Waals surface area contributed by atoms with E-state index in [1.807, 2.05) is 0 Å². The van der Waals surface area contributed by atoms with E-state index in [2.05, 4.69) is 5.32 Å². The zero-order valence-corrected chi connectivity index (χ0v) is 10.6.